The average molecular weight is 598 g/mol. The van der Waals surface area contributed by atoms with Gasteiger partial charge < -0.3 is 23.7 Å². The highest BCUT2D eigenvalue weighted by Crippen LogP contribution is 2.33. The number of piperazine rings is 1. The molecule has 5 aromatic rings. The number of para-hydroxylation sites is 1. The molecule has 3 aromatic carbocycles. The van der Waals surface area contributed by atoms with Crippen LogP contribution in [0.15, 0.2) is 111 Å². The lowest BCUT2D eigenvalue weighted by Gasteiger charge is -2.36. The predicted molar refractivity (Wildman–Crippen MR) is 162 cm³/mol. The number of hydrogen-bond acceptors (Lipinski definition) is 7. The van der Waals surface area contributed by atoms with Gasteiger partial charge in [-0.3, -0.25) is 4.79 Å². The van der Waals surface area contributed by atoms with Crippen LogP contribution in [0, 0.1) is 0 Å². The molecule has 3 heterocycles. The first-order valence-corrected chi connectivity index (χ1v) is 14.0. The fourth-order valence-electron chi connectivity index (χ4n) is 4.85. The van der Waals surface area contributed by atoms with Gasteiger partial charge in [0, 0.05) is 48.1 Å². The second-order valence-corrected chi connectivity index (χ2v) is 10.4. The summed E-state index contributed by atoms with van der Waals surface area (Å²) >= 11 is 3.45. The van der Waals surface area contributed by atoms with E-state index in [9.17, 15) is 4.79 Å². The molecule has 8 heteroatoms. The smallest absolute Gasteiger partial charge is 0.235 e. The Hall–Kier alpha value is -4.30. The van der Waals surface area contributed by atoms with Gasteiger partial charge in [0.2, 0.25) is 11.2 Å². The Bertz CT molecular complexity index is 1640. The maximum atomic E-state index is 13.5. The molecule has 0 bridgehead atoms. The minimum Gasteiger partial charge on any atom is -0.490 e. The molecule has 7 nitrogen and oxygen atoms in total. The van der Waals surface area contributed by atoms with E-state index in [0.29, 0.717) is 23.3 Å². The van der Waals surface area contributed by atoms with E-state index in [2.05, 4.69) is 42.8 Å². The third-order valence-corrected chi connectivity index (χ3v) is 7.39. The SMILES string of the molecule is O=c1c(OCCOc2ccccc2)c(-c2ccc(N3CCN(c4ccccn4)CC3)cc2)oc2ccc(Br)cc12. The van der Waals surface area contributed by atoms with E-state index in [0.717, 1.165) is 53.5 Å². The molecule has 6 rings (SSSR count). The van der Waals surface area contributed by atoms with Crippen LogP contribution < -0.4 is 24.7 Å². The molecule has 1 fully saturated rings. The highest BCUT2D eigenvalue weighted by molar-refractivity contribution is 9.10. The molecule has 0 saturated carbocycles. The van der Waals surface area contributed by atoms with Crippen LogP contribution in [0.5, 0.6) is 11.5 Å². The predicted octanol–water partition coefficient (Wildman–Crippen LogP) is 6.40. The van der Waals surface area contributed by atoms with Gasteiger partial charge >= 0.3 is 0 Å². The molecule has 1 aliphatic heterocycles. The Kier molecular flexibility index (Phi) is 7.68. The normalized spacial score (nSPS) is 13.4. The van der Waals surface area contributed by atoms with Crippen molar-refractivity contribution in [2.75, 3.05) is 49.2 Å². The highest BCUT2D eigenvalue weighted by Gasteiger charge is 2.21. The van der Waals surface area contributed by atoms with E-state index in [1.165, 1.54) is 0 Å². The van der Waals surface area contributed by atoms with Crippen LogP contribution in [0.4, 0.5) is 11.5 Å². The molecule has 0 aliphatic carbocycles. The topological polar surface area (TPSA) is 68.0 Å². The summed E-state index contributed by atoms with van der Waals surface area (Å²) in [4.78, 5) is 22.7. The third-order valence-electron chi connectivity index (χ3n) is 6.90. The second kappa shape index (κ2) is 11.8. The molecule has 2 aromatic heterocycles. The molecule has 1 saturated heterocycles. The summed E-state index contributed by atoms with van der Waals surface area (Å²) in [5.41, 5.74) is 2.18. The number of fused-ring (bicyclic) bond motifs is 1. The summed E-state index contributed by atoms with van der Waals surface area (Å²) in [5, 5.41) is 0.458. The number of hydrogen-bond donors (Lipinski definition) is 0. The lowest BCUT2D eigenvalue weighted by atomic mass is 10.1. The van der Waals surface area contributed by atoms with Crippen LogP contribution in [0.1, 0.15) is 0 Å². The highest BCUT2D eigenvalue weighted by atomic mass is 79.9. The number of aromatic nitrogens is 1. The van der Waals surface area contributed by atoms with Gasteiger partial charge in [-0.25, -0.2) is 4.98 Å². The standard InChI is InChI=1S/C32H28BrN3O4/c33-24-11-14-28-27(22-24)30(37)32(39-21-20-38-26-6-2-1-3-7-26)31(40-28)23-9-12-25(13-10-23)35-16-18-36(19-17-35)29-8-4-5-15-34-29/h1-15,22H,16-21H2. The van der Waals surface area contributed by atoms with Crippen LogP contribution in [0.25, 0.3) is 22.3 Å². The van der Waals surface area contributed by atoms with Crippen molar-refractivity contribution in [3.05, 3.63) is 112 Å². The molecule has 1 aliphatic rings. The molecule has 0 radical (unpaired) electrons. The third kappa shape index (κ3) is 5.67. The number of anilines is 2. The number of nitrogens with zero attached hydrogens (tertiary/aromatic N) is 3. The van der Waals surface area contributed by atoms with Gasteiger partial charge in [-0.2, -0.15) is 0 Å². The fourth-order valence-corrected chi connectivity index (χ4v) is 5.21. The molecule has 0 atom stereocenters. The van der Waals surface area contributed by atoms with Gasteiger partial charge in [0.25, 0.3) is 0 Å². The quantitative estimate of drug-likeness (QED) is 0.192. The Morgan fingerprint density at radius 1 is 0.800 bits per heavy atom. The average Bonchev–Trinajstić information content (AvgIpc) is 3.01. The number of rotatable bonds is 8. The molecule has 0 N–H and O–H groups in total. The van der Waals surface area contributed by atoms with Crippen molar-refractivity contribution in [3.8, 4) is 22.8 Å². The fraction of sp³-hybridized carbons (Fsp3) is 0.188. The van der Waals surface area contributed by atoms with E-state index in [-0.39, 0.29) is 17.8 Å². The van der Waals surface area contributed by atoms with Gasteiger partial charge in [0.1, 0.15) is 30.4 Å². The van der Waals surface area contributed by atoms with Crippen molar-refractivity contribution >= 4 is 38.4 Å². The van der Waals surface area contributed by atoms with E-state index in [4.69, 9.17) is 13.9 Å². The Balaban J connectivity index is 1.22. The largest absolute Gasteiger partial charge is 0.490 e. The number of halogens is 1. The maximum absolute atomic E-state index is 13.5. The van der Waals surface area contributed by atoms with Crippen molar-refractivity contribution < 1.29 is 13.9 Å². The zero-order valence-electron chi connectivity index (χ0n) is 21.8. The number of pyridine rings is 1. The van der Waals surface area contributed by atoms with Gasteiger partial charge in [0.05, 0.1) is 5.39 Å². The summed E-state index contributed by atoms with van der Waals surface area (Å²) in [5.74, 6) is 2.35. The van der Waals surface area contributed by atoms with Crippen LogP contribution in [0.2, 0.25) is 0 Å². The maximum Gasteiger partial charge on any atom is 0.235 e. The second-order valence-electron chi connectivity index (χ2n) is 9.45. The van der Waals surface area contributed by atoms with Gasteiger partial charge in [-0.1, -0.05) is 40.2 Å². The summed E-state index contributed by atoms with van der Waals surface area (Å²) in [6, 6.07) is 29.0. The van der Waals surface area contributed by atoms with E-state index in [1.54, 1.807) is 12.1 Å². The number of benzene rings is 3. The molecule has 0 unspecified atom stereocenters. The van der Waals surface area contributed by atoms with Gasteiger partial charge in [-0.05, 0) is 66.7 Å². The van der Waals surface area contributed by atoms with Crippen molar-refractivity contribution in [1.29, 1.82) is 0 Å². The molecular formula is C32H28BrN3O4. The lowest BCUT2D eigenvalue weighted by Crippen LogP contribution is -2.46. The van der Waals surface area contributed by atoms with Crippen LogP contribution in [0.3, 0.4) is 0 Å². The van der Waals surface area contributed by atoms with Crippen molar-refractivity contribution in [3.63, 3.8) is 0 Å². The first kappa shape index (κ1) is 26.0. The Labute approximate surface area is 240 Å². The van der Waals surface area contributed by atoms with Crippen molar-refractivity contribution in [2.45, 2.75) is 0 Å². The lowest BCUT2D eigenvalue weighted by molar-refractivity contribution is 0.214. The van der Waals surface area contributed by atoms with E-state index >= 15 is 0 Å². The van der Waals surface area contributed by atoms with E-state index < -0.39 is 0 Å². The Morgan fingerprint density at radius 2 is 1.52 bits per heavy atom. The zero-order valence-corrected chi connectivity index (χ0v) is 23.4. The van der Waals surface area contributed by atoms with Crippen LogP contribution in [-0.4, -0.2) is 44.4 Å². The Morgan fingerprint density at radius 3 is 2.27 bits per heavy atom. The van der Waals surface area contributed by atoms with E-state index in [1.807, 2.05) is 72.9 Å². The molecule has 0 amide bonds. The minimum atomic E-state index is -0.216. The molecule has 202 valence electrons. The molecular weight excluding hydrogens is 570 g/mol. The van der Waals surface area contributed by atoms with Gasteiger partial charge in [-0.15, -0.1) is 0 Å². The van der Waals surface area contributed by atoms with Gasteiger partial charge in [0.15, 0.2) is 5.76 Å². The molecule has 0 spiro atoms. The summed E-state index contributed by atoms with van der Waals surface area (Å²) in [6.45, 7) is 4.08. The summed E-state index contributed by atoms with van der Waals surface area (Å²) < 4.78 is 18.8. The monoisotopic (exact) mass is 597 g/mol. The summed E-state index contributed by atoms with van der Waals surface area (Å²) in [6.07, 6.45) is 1.83. The number of ether oxygens (including phenoxy) is 2. The minimum absolute atomic E-state index is 0.180. The first-order valence-electron chi connectivity index (χ1n) is 13.2. The summed E-state index contributed by atoms with van der Waals surface area (Å²) in [7, 11) is 0. The van der Waals surface area contributed by atoms with Crippen LogP contribution in [-0.2, 0) is 0 Å². The first-order chi connectivity index (χ1) is 19.7. The zero-order chi connectivity index (χ0) is 27.3. The molecule has 40 heavy (non-hydrogen) atoms. The van der Waals surface area contributed by atoms with Crippen LogP contribution >= 0.6 is 15.9 Å². The van der Waals surface area contributed by atoms with Crippen molar-refractivity contribution in [1.82, 2.24) is 4.98 Å². The van der Waals surface area contributed by atoms with Crippen molar-refractivity contribution in [2.24, 2.45) is 0 Å².